The Bertz CT molecular complexity index is 26.5. The first-order valence-electron chi connectivity index (χ1n) is 2.08. The van der Waals surface area contributed by atoms with Crippen molar-refractivity contribution in [2.24, 2.45) is 0 Å². The van der Waals surface area contributed by atoms with Crippen LogP contribution in [0.5, 0.6) is 0 Å². The van der Waals surface area contributed by atoms with E-state index in [2.05, 4.69) is 0 Å². The highest BCUT2D eigenvalue weighted by molar-refractivity contribution is 4.42. The molecule has 6 heavy (non-hydrogen) atoms. The van der Waals surface area contributed by atoms with Crippen LogP contribution in [-0.2, 0) is 0 Å². The molecule has 0 rings (SSSR count). The van der Waals surface area contributed by atoms with Crippen LogP contribution in [0.25, 0.3) is 0 Å². The maximum atomic E-state index is 6.87. The minimum atomic E-state index is 0.352. The number of nitrogens with one attached hydrogen (secondary N) is 1. The van der Waals surface area contributed by atoms with Crippen LogP contribution < -0.4 is 5.84 Å². The van der Waals surface area contributed by atoms with Gasteiger partial charge in [-0.3, -0.25) is 0 Å². The summed E-state index contributed by atoms with van der Waals surface area (Å²) in [5.74, 6) is 6.87. The highest BCUT2D eigenvalue weighted by atomic mass is 15.4. The molecule has 0 amide bonds. The molecule has 0 aliphatic carbocycles. The standard InChI is InChI=1S/C4H11N2/c1-4(2)6(3)5/h4-5H,1-3H3. The Kier molecular flexibility index (Phi) is 2.13. The second-order valence-electron chi connectivity index (χ2n) is 1.70. The van der Waals surface area contributed by atoms with E-state index in [1.165, 1.54) is 5.01 Å². The summed E-state index contributed by atoms with van der Waals surface area (Å²) >= 11 is 0. The lowest BCUT2D eigenvalue weighted by atomic mass is 10.4. The predicted molar refractivity (Wildman–Crippen MR) is 26.0 cm³/mol. The van der Waals surface area contributed by atoms with Gasteiger partial charge in [0.2, 0.25) is 0 Å². The molecular formula is C4H11N2. The fourth-order valence-electron chi connectivity index (χ4n) is 0. The average molecular weight is 87.1 g/mol. The molecule has 0 heterocycles. The van der Waals surface area contributed by atoms with Crippen LogP contribution in [0.3, 0.4) is 0 Å². The van der Waals surface area contributed by atoms with Crippen molar-refractivity contribution in [2.75, 3.05) is 7.05 Å². The van der Waals surface area contributed by atoms with Gasteiger partial charge in [-0.1, -0.05) is 0 Å². The van der Waals surface area contributed by atoms with E-state index in [4.69, 9.17) is 5.84 Å². The van der Waals surface area contributed by atoms with Crippen LogP contribution in [0, 0.1) is 0 Å². The first-order valence-corrected chi connectivity index (χ1v) is 2.08. The minimum absolute atomic E-state index is 0.352. The minimum Gasteiger partial charge on any atom is -0.230 e. The highest BCUT2D eigenvalue weighted by Gasteiger charge is 1.92. The van der Waals surface area contributed by atoms with E-state index in [-0.39, 0.29) is 0 Å². The van der Waals surface area contributed by atoms with Crippen molar-refractivity contribution in [3.05, 3.63) is 0 Å². The summed E-state index contributed by atoms with van der Waals surface area (Å²) in [7, 11) is 1.74. The molecule has 0 aromatic rings. The van der Waals surface area contributed by atoms with Crippen molar-refractivity contribution in [1.82, 2.24) is 10.9 Å². The maximum Gasteiger partial charge on any atom is 0.0197 e. The zero-order valence-electron chi connectivity index (χ0n) is 4.52. The van der Waals surface area contributed by atoms with E-state index >= 15 is 0 Å². The van der Waals surface area contributed by atoms with Crippen molar-refractivity contribution < 1.29 is 0 Å². The Labute approximate surface area is 38.9 Å². The molecule has 0 unspecified atom stereocenters. The van der Waals surface area contributed by atoms with E-state index < -0.39 is 0 Å². The van der Waals surface area contributed by atoms with E-state index in [1.807, 2.05) is 13.8 Å². The molecule has 0 aromatic heterocycles. The fraction of sp³-hybridized carbons (Fsp3) is 1.00. The second kappa shape index (κ2) is 2.16. The fourth-order valence-corrected chi connectivity index (χ4v) is 0. The molecule has 0 saturated heterocycles. The molecule has 0 atom stereocenters. The molecule has 0 bridgehead atoms. The summed E-state index contributed by atoms with van der Waals surface area (Å²) < 4.78 is 0. The van der Waals surface area contributed by atoms with E-state index in [0.717, 1.165) is 0 Å². The molecular weight excluding hydrogens is 76.1 g/mol. The summed E-state index contributed by atoms with van der Waals surface area (Å²) in [5.41, 5.74) is 0. The van der Waals surface area contributed by atoms with Crippen LogP contribution in [0.2, 0.25) is 0 Å². The zero-order valence-corrected chi connectivity index (χ0v) is 4.52. The Morgan fingerprint density at radius 2 is 1.67 bits per heavy atom. The molecule has 0 spiro atoms. The van der Waals surface area contributed by atoms with Crippen LogP contribution in [0.4, 0.5) is 0 Å². The number of hydrogen-bond acceptors (Lipinski definition) is 1. The Hall–Kier alpha value is -0.0800. The van der Waals surface area contributed by atoms with Gasteiger partial charge in [-0.15, -0.1) is 0 Å². The van der Waals surface area contributed by atoms with E-state index in [9.17, 15) is 0 Å². The van der Waals surface area contributed by atoms with Crippen LogP contribution in [0.1, 0.15) is 13.8 Å². The summed E-state index contributed by atoms with van der Waals surface area (Å²) in [6.07, 6.45) is 0. The third-order valence-electron chi connectivity index (χ3n) is 0.775. The quantitative estimate of drug-likeness (QED) is 0.428. The van der Waals surface area contributed by atoms with Gasteiger partial charge >= 0.3 is 0 Å². The number of hydrogen-bond donors (Lipinski definition) is 0. The van der Waals surface area contributed by atoms with Gasteiger partial charge < -0.3 is 0 Å². The lowest BCUT2D eigenvalue weighted by Gasteiger charge is -2.10. The van der Waals surface area contributed by atoms with Gasteiger partial charge in [-0.25, -0.2) is 5.01 Å². The van der Waals surface area contributed by atoms with Crippen LogP contribution in [-0.4, -0.2) is 18.1 Å². The van der Waals surface area contributed by atoms with Gasteiger partial charge in [0.1, 0.15) is 0 Å². The average Bonchev–Trinajstić information content (AvgIpc) is 1.36. The first-order chi connectivity index (χ1) is 2.64. The zero-order chi connectivity index (χ0) is 5.15. The largest absolute Gasteiger partial charge is 0.230 e. The summed E-state index contributed by atoms with van der Waals surface area (Å²) in [6, 6.07) is 0.352. The topological polar surface area (TPSA) is 27.0 Å². The molecule has 2 nitrogen and oxygen atoms in total. The molecule has 0 fully saturated rings. The van der Waals surface area contributed by atoms with Gasteiger partial charge in [0.05, 0.1) is 0 Å². The third kappa shape index (κ3) is 2.18. The maximum absolute atomic E-state index is 6.87. The molecule has 0 aliphatic rings. The molecule has 0 aromatic carbocycles. The molecule has 1 N–H and O–H groups in total. The third-order valence-corrected chi connectivity index (χ3v) is 0.775. The molecule has 0 aliphatic heterocycles. The summed E-state index contributed by atoms with van der Waals surface area (Å²) in [5, 5.41) is 1.42. The van der Waals surface area contributed by atoms with Gasteiger partial charge in [0.25, 0.3) is 0 Å². The van der Waals surface area contributed by atoms with Gasteiger partial charge in [-0.2, -0.15) is 5.84 Å². The summed E-state index contributed by atoms with van der Waals surface area (Å²) in [6.45, 7) is 3.96. The smallest absolute Gasteiger partial charge is 0.0197 e. The SMILES string of the molecule is CC(C)N(C)[NH]. The Morgan fingerprint density at radius 3 is 1.67 bits per heavy atom. The molecule has 37 valence electrons. The number of nitrogens with zero attached hydrogens (tertiary/aromatic N) is 1. The van der Waals surface area contributed by atoms with Gasteiger partial charge in [-0.05, 0) is 13.8 Å². The lowest BCUT2D eigenvalue weighted by molar-refractivity contribution is 0.266. The van der Waals surface area contributed by atoms with Gasteiger partial charge in [0, 0.05) is 13.1 Å². The van der Waals surface area contributed by atoms with Crippen LogP contribution >= 0.6 is 0 Å². The van der Waals surface area contributed by atoms with Crippen molar-refractivity contribution in [3.63, 3.8) is 0 Å². The Balaban J connectivity index is 2.99. The molecule has 0 saturated carbocycles. The van der Waals surface area contributed by atoms with E-state index in [1.54, 1.807) is 7.05 Å². The summed E-state index contributed by atoms with van der Waals surface area (Å²) in [4.78, 5) is 0. The monoisotopic (exact) mass is 87.1 g/mol. The van der Waals surface area contributed by atoms with E-state index in [0.29, 0.717) is 6.04 Å². The highest BCUT2D eigenvalue weighted by Crippen LogP contribution is 1.82. The predicted octanol–water partition coefficient (Wildman–Crippen LogP) is 0.524. The number of rotatable bonds is 1. The first kappa shape index (κ1) is 5.92. The van der Waals surface area contributed by atoms with Gasteiger partial charge in [0.15, 0.2) is 0 Å². The molecule has 2 heteroatoms. The van der Waals surface area contributed by atoms with Crippen molar-refractivity contribution >= 4 is 0 Å². The van der Waals surface area contributed by atoms with Crippen molar-refractivity contribution in [3.8, 4) is 0 Å². The van der Waals surface area contributed by atoms with Crippen molar-refractivity contribution in [1.29, 1.82) is 0 Å². The van der Waals surface area contributed by atoms with Crippen LogP contribution in [0.15, 0.2) is 0 Å². The van der Waals surface area contributed by atoms with Crippen molar-refractivity contribution in [2.45, 2.75) is 19.9 Å². The lowest BCUT2D eigenvalue weighted by Crippen LogP contribution is -2.23. The Morgan fingerprint density at radius 1 is 1.50 bits per heavy atom. The normalized spacial score (nSPS) is 11.0. The molecule has 1 radical (unpaired) electrons. The second-order valence-corrected chi connectivity index (χ2v) is 1.70.